The number of carbonyl (C=O) groups is 3. The molecule has 0 atom stereocenters. The van der Waals surface area contributed by atoms with Gasteiger partial charge in [0, 0.05) is 32.5 Å². The molecule has 0 bridgehead atoms. The quantitative estimate of drug-likeness (QED) is 0.181. The van der Waals surface area contributed by atoms with E-state index < -0.39 is 27.6 Å². The molecule has 3 amide bonds. The van der Waals surface area contributed by atoms with Crippen LogP contribution in [0.15, 0.2) is 0 Å². The van der Waals surface area contributed by atoms with Gasteiger partial charge in [-0.25, -0.2) is 8.42 Å². The Morgan fingerprint density at radius 3 is 1.84 bits per heavy atom. The highest BCUT2D eigenvalue weighted by molar-refractivity contribution is 7.90. The van der Waals surface area contributed by atoms with Crippen molar-refractivity contribution in [3.8, 4) is 0 Å². The van der Waals surface area contributed by atoms with Crippen molar-refractivity contribution in [2.75, 3.05) is 71.7 Å². The molecular weight excluding hydrogens is 434 g/mol. The molecule has 0 aromatic rings. The lowest BCUT2D eigenvalue weighted by molar-refractivity contribution is -0.126. The van der Waals surface area contributed by atoms with Crippen LogP contribution in [0.25, 0.3) is 0 Å². The van der Waals surface area contributed by atoms with Crippen molar-refractivity contribution in [1.29, 1.82) is 0 Å². The summed E-state index contributed by atoms with van der Waals surface area (Å²) in [5.74, 6) is -1.81. The number of rotatable bonds is 20. The summed E-state index contributed by atoms with van der Waals surface area (Å²) in [7, 11) is -3.81. The first-order valence-corrected chi connectivity index (χ1v) is 11.8. The van der Waals surface area contributed by atoms with Crippen molar-refractivity contribution < 1.29 is 41.7 Å². The van der Waals surface area contributed by atoms with Crippen LogP contribution in [0.5, 0.6) is 0 Å². The summed E-state index contributed by atoms with van der Waals surface area (Å²) in [4.78, 5) is 34.2. The van der Waals surface area contributed by atoms with Crippen LogP contribution in [-0.4, -0.2) is 97.8 Å². The molecule has 182 valence electrons. The second kappa shape index (κ2) is 18.9. The van der Waals surface area contributed by atoms with Gasteiger partial charge in [-0.2, -0.15) is 0 Å². The minimum absolute atomic E-state index is 0.0431. The van der Waals surface area contributed by atoms with Gasteiger partial charge in [-0.15, -0.1) is 0 Å². The maximum absolute atomic E-state index is 11.6. The van der Waals surface area contributed by atoms with Crippen molar-refractivity contribution in [3.63, 3.8) is 0 Å². The van der Waals surface area contributed by atoms with Crippen LogP contribution in [0.4, 0.5) is 0 Å². The second-order valence-corrected chi connectivity index (χ2v) is 7.96. The summed E-state index contributed by atoms with van der Waals surface area (Å²) in [5, 5.41) is 5.16. The van der Waals surface area contributed by atoms with Gasteiger partial charge in [0.2, 0.25) is 27.7 Å². The minimum Gasteiger partial charge on any atom is -0.379 e. The highest BCUT2D eigenvalue weighted by Gasteiger charge is 2.15. The van der Waals surface area contributed by atoms with E-state index in [0.29, 0.717) is 33.0 Å². The fourth-order valence-corrected chi connectivity index (χ4v) is 2.98. The molecular formula is C18H35N3O9S. The maximum atomic E-state index is 11.6. The van der Waals surface area contributed by atoms with Gasteiger partial charge in [0.1, 0.15) is 6.61 Å². The lowest BCUT2D eigenvalue weighted by atomic mass is 10.4. The molecule has 0 spiro atoms. The summed E-state index contributed by atoms with van der Waals surface area (Å²) in [6.07, 6.45) is -0.219. The van der Waals surface area contributed by atoms with Crippen molar-refractivity contribution in [2.45, 2.75) is 26.7 Å². The molecule has 12 nitrogen and oxygen atoms in total. The Morgan fingerprint density at radius 1 is 0.710 bits per heavy atom. The smallest absolute Gasteiger partial charge is 0.246 e. The van der Waals surface area contributed by atoms with Crippen LogP contribution < -0.4 is 15.4 Å². The summed E-state index contributed by atoms with van der Waals surface area (Å²) in [6.45, 7) is 6.62. The van der Waals surface area contributed by atoms with Gasteiger partial charge in [-0.05, 0) is 6.92 Å². The molecule has 0 radical (unpaired) electrons. The molecule has 31 heavy (non-hydrogen) atoms. The minimum atomic E-state index is -3.81. The van der Waals surface area contributed by atoms with E-state index in [9.17, 15) is 22.8 Å². The Balaban J connectivity index is 3.51. The molecule has 0 aromatic heterocycles. The number of amides is 3. The first-order valence-electron chi connectivity index (χ1n) is 10.2. The van der Waals surface area contributed by atoms with E-state index in [1.807, 2.05) is 11.6 Å². The number of sulfonamides is 1. The normalized spacial score (nSPS) is 11.2. The lowest BCUT2D eigenvalue weighted by Gasteiger charge is -2.09. The first kappa shape index (κ1) is 29.2. The first-order chi connectivity index (χ1) is 14.8. The summed E-state index contributed by atoms with van der Waals surface area (Å²) >= 11 is 0. The monoisotopic (exact) mass is 469 g/mol. The van der Waals surface area contributed by atoms with E-state index in [4.69, 9.17) is 18.9 Å². The summed E-state index contributed by atoms with van der Waals surface area (Å²) in [6, 6.07) is 0. The second-order valence-electron chi connectivity index (χ2n) is 6.12. The molecule has 0 aliphatic heterocycles. The van der Waals surface area contributed by atoms with Crippen LogP contribution in [-0.2, 0) is 43.4 Å². The van der Waals surface area contributed by atoms with Crippen LogP contribution in [0.1, 0.15) is 26.7 Å². The molecule has 3 N–H and O–H groups in total. The molecule has 0 aliphatic carbocycles. The van der Waals surface area contributed by atoms with E-state index in [0.717, 1.165) is 0 Å². The molecule has 0 unspecified atom stereocenters. The van der Waals surface area contributed by atoms with Gasteiger partial charge in [-0.3, -0.25) is 19.1 Å². The van der Waals surface area contributed by atoms with Crippen molar-refractivity contribution in [1.82, 2.24) is 15.4 Å². The molecule has 0 aliphatic rings. The van der Waals surface area contributed by atoms with Gasteiger partial charge in [0.15, 0.2) is 0 Å². The Labute approximate surface area is 183 Å². The standard InChI is InChI=1S/C18H35N3O9S/c1-3-16(22)21-31(25,26)14-5-17(23)19-6-8-29-12-13-30-15-18(24)20-7-9-28-11-10-27-4-2/h3-15H2,1-2H3,(H,19,23)(H,20,24)(H,21,22). The molecule has 13 heteroatoms. The SMILES string of the molecule is CCOCCOCCNC(=O)COCCOCCNC(=O)CCS(=O)(=O)NC(=O)CC. The van der Waals surface area contributed by atoms with E-state index in [2.05, 4.69) is 10.6 Å². The number of carbonyl (C=O) groups excluding carboxylic acids is 3. The molecule has 0 rings (SSSR count). The zero-order chi connectivity index (χ0) is 23.4. The Kier molecular flexibility index (Phi) is 17.8. The maximum Gasteiger partial charge on any atom is 0.246 e. The van der Waals surface area contributed by atoms with E-state index in [1.165, 1.54) is 6.92 Å². The van der Waals surface area contributed by atoms with Crippen molar-refractivity contribution in [2.24, 2.45) is 0 Å². The number of nitrogens with one attached hydrogen (secondary N) is 3. The van der Waals surface area contributed by atoms with Crippen molar-refractivity contribution in [3.05, 3.63) is 0 Å². The third kappa shape index (κ3) is 19.9. The summed E-state index contributed by atoms with van der Waals surface area (Å²) < 4.78 is 45.8. The van der Waals surface area contributed by atoms with Crippen LogP contribution in [0.3, 0.4) is 0 Å². The van der Waals surface area contributed by atoms with Gasteiger partial charge in [0.25, 0.3) is 0 Å². The van der Waals surface area contributed by atoms with Gasteiger partial charge in [0.05, 0.1) is 45.4 Å². The largest absolute Gasteiger partial charge is 0.379 e. The average Bonchev–Trinajstić information content (AvgIpc) is 2.73. The lowest BCUT2D eigenvalue weighted by Crippen LogP contribution is -2.35. The fraction of sp³-hybridized carbons (Fsp3) is 0.833. The molecule has 0 aromatic carbocycles. The van der Waals surface area contributed by atoms with E-state index in [-0.39, 0.29) is 51.7 Å². The molecule has 0 heterocycles. The van der Waals surface area contributed by atoms with Crippen LogP contribution in [0.2, 0.25) is 0 Å². The fourth-order valence-electron chi connectivity index (χ4n) is 1.94. The molecule has 0 saturated heterocycles. The van der Waals surface area contributed by atoms with Gasteiger partial charge in [-0.1, -0.05) is 6.92 Å². The van der Waals surface area contributed by atoms with Gasteiger partial charge < -0.3 is 29.6 Å². The van der Waals surface area contributed by atoms with E-state index in [1.54, 1.807) is 0 Å². The topological polar surface area (TPSA) is 158 Å². The third-order valence-corrected chi connectivity index (χ3v) is 4.79. The number of ether oxygens (including phenoxy) is 4. The number of hydrogen-bond donors (Lipinski definition) is 3. The predicted octanol–water partition coefficient (Wildman–Crippen LogP) is -1.45. The zero-order valence-electron chi connectivity index (χ0n) is 18.3. The highest BCUT2D eigenvalue weighted by atomic mass is 32.2. The van der Waals surface area contributed by atoms with Crippen LogP contribution >= 0.6 is 0 Å². The third-order valence-electron chi connectivity index (χ3n) is 3.51. The van der Waals surface area contributed by atoms with E-state index >= 15 is 0 Å². The molecule has 0 saturated carbocycles. The molecule has 0 fully saturated rings. The summed E-state index contributed by atoms with van der Waals surface area (Å²) in [5.41, 5.74) is 0. The van der Waals surface area contributed by atoms with Crippen molar-refractivity contribution >= 4 is 27.7 Å². The predicted molar refractivity (Wildman–Crippen MR) is 112 cm³/mol. The highest BCUT2D eigenvalue weighted by Crippen LogP contribution is 1.91. The Hall–Kier alpha value is -1.80. The van der Waals surface area contributed by atoms with Gasteiger partial charge >= 0.3 is 0 Å². The number of hydrogen-bond acceptors (Lipinski definition) is 9. The Morgan fingerprint density at radius 2 is 1.26 bits per heavy atom. The average molecular weight is 470 g/mol. The zero-order valence-corrected chi connectivity index (χ0v) is 19.1. The van der Waals surface area contributed by atoms with Crippen LogP contribution in [0, 0.1) is 0 Å². The Bertz CT molecular complexity index is 614.